The number of ketones is 1. The van der Waals surface area contributed by atoms with Crippen molar-refractivity contribution in [3.63, 3.8) is 0 Å². The molecule has 0 amide bonds. The van der Waals surface area contributed by atoms with Crippen molar-refractivity contribution in [2.24, 2.45) is 0 Å². The van der Waals surface area contributed by atoms with Crippen LogP contribution in [0.3, 0.4) is 0 Å². The summed E-state index contributed by atoms with van der Waals surface area (Å²) in [6, 6.07) is 24.5. The second-order valence-electron chi connectivity index (χ2n) is 6.16. The molecule has 1 heterocycles. The van der Waals surface area contributed by atoms with Crippen molar-refractivity contribution in [1.29, 1.82) is 0 Å². The highest BCUT2D eigenvalue weighted by atomic mass is 35.5. The Morgan fingerprint density at radius 2 is 1.62 bits per heavy atom. The largest absolute Gasteiger partial charge is 0.488 e. The van der Waals surface area contributed by atoms with E-state index < -0.39 is 6.10 Å². The summed E-state index contributed by atoms with van der Waals surface area (Å²) < 4.78 is 11.5. The monoisotopic (exact) mass is 364 g/mol. The molecule has 1 fully saturated rings. The number of benzene rings is 3. The lowest BCUT2D eigenvalue weighted by Gasteiger charge is -2.10. The maximum Gasteiger partial charge on any atom is 0.198 e. The Bertz CT molecular complexity index is 906. The van der Waals surface area contributed by atoms with Gasteiger partial charge in [0.1, 0.15) is 18.5 Å². The minimum atomic E-state index is -0.474. The Morgan fingerprint density at radius 1 is 0.923 bits per heavy atom. The molecular weight excluding hydrogens is 348 g/mol. The van der Waals surface area contributed by atoms with Gasteiger partial charge in [-0.3, -0.25) is 4.79 Å². The Balaban J connectivity index is 1.48. The van der Waals surface area contributed by atoms with Gasteiger partial charge in [0.25, 0.3) is 0 Å². The standard InChI is InChI=1S/C22H17ClO3/c23-17-12-10-16(11-13-17)21-22(26-21)20(24)18-8-4-5-9-19(18)25-14-15-6-2-1-3-7-15/h1-13,21-22H,14H2/t21-,22-/m0/s1. The molecule has 3 aromatic rings. The van der Waals surface area contributed by atoms with Crippen molar-refractivity contribution in [3.05, 3.63) is 101 Å². The van der Waals surface area contributed by atoms with Gasteiger partial charge in [0.15, 0.2) is 11.9 Å². The highest BCUT2D eigenvalue weighted by Crippen LogP contribution is 2.42. The minimum absolute atomic E-state index is 0.0615. The van der Waals surface area contributed by atoms with Crippen LogP contribution in [0, 0.1) is 0 Å². The maximum absolute atomic E-state index is 12.9. The zero-order valence-corrected chi connectivity index (χ0v) is 14.7. The molecule has 3 aromatic carbocycles. The number of hydrogen-bond acceptors (Lipinski definition) is 3. The van der Waals surface area contributed by atoms with Crippen molar-refractivity contribution >= 4 is 17.4 Å². The van der Waals surface area contributed by atoms with E-state index in [1.165, 1.54) is 0 Å². The SMILES string of the molecule is O=C(c1ccccc1OCc1ccccc1)[C@@H]1O[C@H]1c1ccc(Cl)cc1. The number of ether oxygens (including phenoxy) is 2. The van der Waals surface area contributed by atoms with Gasteiger partial charge in [-0.25, -0.2) is 0 Å². The molecule has 4 rings (SSSR count). The molecule has 1 aliphatic rings. The van der Waals surface area contributed by atoms with Crippen LogP contribution in [0.4, 0.5) is 0 Å². The fraction of sp³-hybridized carbons (Fsp3) is 0.136. The average Bonchev–Trinajstić information content (AvgIpc) is 3.48. The van der Waals surface area contributed by atoms with Gasteiger partial charge in [-0.05, 0) is 35.4 Å². The van der Waals surface area contributed by atoms with E-state index in [-0.39, 0.29) is 11.9 Å². The summed E-state index contributed by atoms with van der Waals surface area (Å²) in [4.78, 5) is 12.9. The molecule has 0 saturated carbocycles. The predicted molar refractivity (Wildman–Crippen MR) is 101 cm³/mol. The molecule has 0 bridgehead atoms. The van der Waals surface area contributed by atoms with Gasteiger partial charge in [0.05, 0.1) is 5.56 Å². The quantitative estimate of drug-likeness (QED) is 0.443. The molecule has 4 heteroatoms. The van der Waals surface area contributed by atoms with Gasteiger partial charge in [0, 0.05) is 5.02 Å². The van der Waals surface area contributed by atoms with E-state index in [0.717, 1.165) is 11.1 Å². The van der Waals surface area contributed by atoms with E-state index in [2.05, 4.69) is 0 Å². The number of Topliss-reactive ketones (excluding diaryl/α,β-unsaturated/α-hetero) is 1. The van der Waals surface area contributed by atoms with Crippen molar-refractivity contribution < 1.29 is 14.3 Å². The molecule has 0 spiro atoms. The van der Waals surface area contributed by atoms with Crippen LogP contribution in [0.15, 0.2) is 78.9 Å². The second-order valence-corrected chi connectivity index (χ2v) is 6.60. The zero-order valence-electron chi connectivity index (χ0n) is 14.0. The molecule has 0 N–H and O–H groups in total. The van der Waals surface area contributed by atoms with E-state index >= 15 is 0 Å². The summed E-state index contributed by atoms with van der Waals surface area (Å²) in [6.07, 6.45) is -0.695. The summed E-state index contributed by atoms with van der Waals surface area (Å²) in [5.74, 6) is 0.514. The molecule has 2 atom stereocenters. The Hall–Kier alpha value is -2.62. The Kier molecular flexibility index (Phi) is 4.74. The van der Waals surface area contributed by atoms with Gasteiger partial charge in [-0.2, -0.15) is 0 Å². The first-order valence-electron chi connectivity index (χ1n) is 8.43. The van der Waals surface area contributed by atoms with Crippen LogP contribution < -0.4 is 4.74 Å². The van der Waals surface area contributed by atoms with Crippen LogP contribution in [0.25, 0.3) is 0 Å². The number of halogens is 1. The lowest BCUT2D eigenvalue weighted by molar-refractivity contribution is 0.0949. The third-order valence-electron chi connectivity index (χ3n) is 4.34. The zero-order chi connectivity index (χ0) is 17.9. The number of carbonyl (C=O) groups is 1. The molecule has 1 aliphatic heterocycles. The maximum atomic E-state index is 12.9. The van der Waals surface area contributed by atoms with Crippen LogP contribution in [0.1, 0.15) is 27.6 Å². The number of carbonyl (C=O) groups excluding carboxylic acids is 1. The third-order valence-corrected chi connectivity index (χ3v) is 4.59. The van der Waals surface area contributed by atoms with Gasteiger partial charge in [-0.15, -0.1) is 0 Å². The number of rotatable bonds is 6. The molecule has 0 aliphatic carbocycles. The highest BCUT2D eigenvalue weighted by Gasteiger charge is 2.46. The molecule has 0 aromatic heterocycles. The third kappa shape index (κ3) is 3.64. The minimum Gasteiger partial charge on any atom is -0.488 e. The molecule has 0 radical (unpaired) electrons. The van der Waals surface area contributed by atoms with Crippen molar-refractivity contribution in [2.75, 3.05) is 0 Å². The fourth-order valence-electron chi connectivity index (χ4n) is 2.90. The predicted octanol–water partition coefficient (Wildman–Crippen LogP) is 5.24. The Morgan fingerprint density at radius 3 is 2.38 bits per heavy atom. The van der Waals surface area contributed by atoms with Crippen molar-refractivity contribution in [3.8, 4) is 5.75 Å². The number of hydrogen-bond donors (Lipinski definition) is 0. The fourth-order valence-corrected chi connectivity index (χ4v) is 3.03. The number of para-hydroxylation sites is 1. The van der Waals surface area contributed by atoms with E-state index in [4.69, 9.17) is 21.1 Å². The molecular formula is C22H17ClO3. The summed E-state index contributed by atoms with van der Waals surface area (Å²) in [5, 5.41) is 0.664. The van der Waals surface area contributed by atoms with Gasteiger partial charge < -0.3 is 9.47 Å². The van der Waals surface area contributed by atoms with Crippen LogP contribution in [0.5, 0.6) is 5.75 Å². The molecule has 130 valence electrons. The smallest absolute Gasteiger partial charge is 0.198 e. The van der Waals surface area contributed by atoms with Crippen LogP contribution in [0.2, 0.25) is 5.02 Å². The lowest BCUT2D eigenvalue weighted by Crippen LogP contribution is -2.10. The van der Waals surface area contributed by atoms with Gasteiger partial charge >= 0.3 is 0 Å². The topological polar surface area (TPSA) is 38.8 Å². The van der Waals surface area contributed by atoms with Crippen molar-refractivity contribution in [1.82, 2.24) is 0 Å². The summed E-state index contributed by atoms with van der Waals surface area (Å²) in [7, 11) is 0. The summed E-state index contributed by atoms with van der Waals surface area (Å²) in [5.41, 5.74) is 2.55. The lowest BCUT2D eigenvalue weighted by atomic mass is 10.0. The highest BCUT2D eigenvalue weighted by molar-refractivity contribution is 6.30. The first-order chi connectivity index (χ1) is 12.7. The van der Waals surface area contributed by atoms with Crippen LogP contribution >= 0.6 is 11.6 Å². The van der Waals surface area contributed by atoms with Crippen molar-refractivity contribution in [2.45, 2.75) is 18.8 Å². The van der Waals surface area contributed by atoms with Gasteiger partial charge in [0.2, 0.25) is 0 Å². The second kappa shape index (κ2) is 7.32. The van der Waals surface area contributed by atoms with E-state index in [1.807, 2.05) is 60.7 Å². The van der Waals surface area contributed by atoms with Crippen LogP contribution in [-0.4, -0.2) is 11.9 Å². The van der Waals surface area contributed by atoms with E-state index in [9.17, 15) is 4.79 Å². The molecule has 1 saturated heterocycles. The molecule has 0 unspecified atom stereocenters. The molecule has 26 heavy (non-hydrogen) atoms. The Labute approximate surface area is 157 Å². The first-order valence-corrected chi connectivity index (χ1v) is 8.81. The number of epoxide rings is 1. The van der Waals surface area contributed by atoms with Gasteiger partial charge in [-0.1, -0.05) is 66.2 Å². The first kappa shape index (κ1) is 16.8. The van der Waals surface area contributed by atoms with Crippen LogP contribution in [-0.2, 0) is 11.3 Å². The summed E-state index contributed by atoms with van der Waals surface area (Å²) in [6.45, 7) is 0.414. The summed E-state index contributed by atoms with van der Waals surface area (Å²) >= 11 is 5.91. The normalized spacial score (nSPS) is 18.3. The van der Waals surface area contributed by atoms with E-state index in [0.29, 0.717) is 22.9 Å². The average molecular weight is 365 g/mol. The van der Waals surface area contributed by atoms with E-state index in [1.54, 1.807) is 18.2 Å². The molecule has 3 nitrogen and oxygen atoms in total.